The normalized spacial score (nSPS) is 19.8. The summed E-state index contributed by atoms with van der Waals surface area (Å²) in [6.45, 7) is 5.96. The molecule has 1 saturated heterocycles. The third-order valence-corrected chi connectivity index (χ3v) is 6.90. The van der Waals surface area contributed by atoms with Crippen molar-refractivity contribution in [2.75, 3.05) is 13.1 Å². The van der Waals surface area contributed by atoms with Crippen LogP contribution in [0.2, 0.25) is 0 Å². The van der Waals surface area contributed by atoms with E-state index in [9.17, 15) is 13.2 Å². The number of rotatable bonds is 4. The Labute approximate surface area is 128 Å². The van der Waals surface area contributed by atoms with Gasteiger partial charge in [0.25, 0.3) is 9.05 Å². The number of hydrogen-bond donors (Lipinski definition) is 0. The van der Waals surface area contributed by atoms with Crippen molar-refractivity contribution in [3.63, 3.8) is 0 Å². The van der Waals surface area contributed by atoms with Crippen LogP contribution in [-0.2, 0) is 20.3 Å². The van der Waals surface area contributed by atoms with Gasteiger partial charge in [-0.25, -0.2) is 8.42 Å². The topological polar surface area (TPSA) is 54.5 Å². The summed E-state index contributed by atoms with van der Waals surface area (Å²) >= 11 is 1.07. The number of hydrogen-bond acceptors (Lipinski definition) is 4. The van der Waals surface area contributed by atoms with Crippen LogP contribution in [0.1, 0.15) is 25.1 Å². The van der Waals surface area contributed by atoms with Gasteiger partial charge in [0.2, 0.25) is 5.91 Å². The van der Waals surface area contributed by atoms with Crippen molar-refractivity contribution in [2.24, 2.45) is 11.8 Å². The summed E-state index contributed by atoms with van der Waals surface area (Å²) in [4.78, 5) is 14.8. The molecular weight excluding hydrogens is 318 g/mol. The summed E-state index contributed by atoms with van der Waals surface area (Å²) in [5.41, 5.74) is 0. The maximum absolute atomic E-state index is 12.2. The first-order valence-electron chi connectivity index (χ1n) is 6.58. The van der Waals surface area contributed by atoms with Gasteiger partial charge in [0, 0.05) is 28.6 Å². The van der Waals surface area contributed by atoms with Gasteiger partial charge in [0.1, 0.15) is 4.21 Å². The van der Waals surface area contributed by atoms with E-state index >= 15 is 0 Å². The van der Waals surface area contributed by atoms with Crippen molar-refractivity contribution in [3.8, 4) is 0 Å². The molecule has 1 aromatic heterocycles. The van der Waals surface area contributed by atoms with E-state index < -0.39 is 9.05 Å². The molecule has 0 bridgehead atoms. The molecule has 112 valence electrons. The zero-order valence-corrected chi connectivity index (χ0v) is 13.9. The average Bonchev–Trinajstić information content (AvgIpc) is 2.95. The fraction of sp³-hybridized carbons (Fsp3) is 0.615. The van der Waals surface area contributed by atoms with E-state index in [1.54, 1.807) is 6.07 Å². The fourth-order valence-corrected chi connectivity index (χ4v) is 4.52. The Morgan fingerprint density at radius 3 is 2.70 bits per heavy atom. The Hall–Kier alpha value is -0.590. The molecule has 1 aliphatic heterocycles. The molecule has 0 saturated carbocycles. The molecule has 0 spiro atoms. The summed E-state index contributed by atoms with van der Waals surface area (Å²) in [6.07, 6.45) is 1.30. The van der Waals surface area contributed by atoms with Crippen LogP contribution in [0.4, 0.5) is 0 Å². The second-order valence-corrected chi connectivity index (χ2v) is 9.43. The summed E-state index contributed by atoms with van der Waals surface area (Å²) in [5.74, 6) is 1.22. The number of amides is 1. The number of thiophene rings is 1. The van der Waals surface area contributed by atoms with Crippen molar-refractivity contribution in [1.29, 1.82) is 0 Å². The molecular formula is C13H18ClNO3S2. The molecule has 1 atom stereocenters. The molecule has 0 radical (unpaired) electrons. The number of nitrogens with zero attached hydrogens (tertiary/aromatic N) is 1. The molecule has 0 aromatic carbocycles. The van der Waals surface area contributed by atoms with Crippen LogP contribution in [0, 0.1) is 11.8 Å². The maximum atomic E-state index is 12.2. The molecule has 1 amide bonds. The van der Waals surface area contributed by atoms with Crippen molar-refractivity contribution in [3.05, 3.63) is 17.0 Å². The first kappa shape index (κ1) is 15.8. The first-order chi connectivity index (χ1) is 9.27. The van der Waals surface area contributed by atoms with Crippen LogP contribution >= 0.6 is 22.0 Å². The monoisotopic (exact) mass is 335 g/mol. The summed E-state index contributed by atoms with van der Waals surface area (Å²) in [7, 11) is 1.59. The van der Waals surface area contributed by atoms with Gasteiger partial charge in [0.15, 0.2) is 0 Å². The van der Waals surface area contributed by atoms with Gasteiger partial charge in [-0.15, -0.1) is 11.3 Å². The average molecular weight is 336 g/mol. The Balaban J connectivity index is 1.97. The molecule has 2 heterocycles. The van der Waals surface area contributed by atoms with E-state index in [0.717, 1.165) is 35.7 Å². The second kappa shape index (κ2) is 6.03. The molecule has 7 heteroatoms. The van der Waals surface area contributed by atoms with Crippen molar-refractivity contribution < 1.29 is 13.2 Å². The molecule has 1 fully saturated rings. The fourth-order valence-electron chi connectivity index (χ4n) is 2.40. The predicted molar refractivity (Wildman–Crippen MR) is 80.6 cm³/mol. The van der Waals surface area contributed by atoms with Gasteiger partial charge in [-0.3, -0.25) is 4.79 Å². The SMILES string of the molecule is CC(C)C1CCN(C(=O)Cc2ccc(S(=O)(=O)Cl)s2)C1. The van der Waals surface area contributed by atoms with Crippen molar-refractivity contribution >= 4 is 37.0 Å². The quantitative estimate of drug-likeness (QED) is 0.795. The van der Waals surface area contributed by atoms with Crippen LogP contribution in [0.15, 0.2) is 16.3 Å². The van der Waals surface area contributed by atoms with Gasteiger partial charge in [-0.2, -0.15) is 0 Å². The largest absolute Gasteiger partial charge is 0.342 e. The van der Waals surface area contributed by atoms with Gasteiger partial charge in [0.05, 0.1) is 6.42 Å². The lowest BCUT2D eigenvalue weighted by Gasteiger charge is -2.17. The van der Waals surface area contributed by atoms with Gasteiger partial charge >= 0.3 is 0 Å². The van der Waals surface area contributed by atoms with Crippen LogP contribution in [0.25, 0.3) is 0 Å². The van der Waals surface area contributed by atoms with E-state index in [0.29, 0.717) is 11.8 Å². The molecule has 20 heavy (non-hydrogen) atoms. The zero-order valence-electron chi connectivity index (χ0n) is 11.5. The second-order valence-electron chi connectivity index (χ2n) is 5.47. The van der Waals surface area contributed by atoms with Crippen LogP contribution in [-0.4, -0.2) is 32.3 Å². The standard InChI is InChI=1S/C13H18ClNO3S2/c1-9(2)10-5-6-15(8-10)12(16)7-11-3-4-13(19-11)20(14,17)18/h3-4,9-10H,5-8H2,1-2H3. The van der Waals surface area contributed by atoms with Crippen molar-refractivity contribution in [1.82, 2.24) is 4.90 Å². The third-order valence-electron chi connectivity index (χ3n) is 3.72. The molecule has 0 aliphatic carbocycles. The smallest absolute Gasteiger partial charge is 0.270 e. The number of carbonyl (C=O) groups excluding carboxylic acids is 1. The molecule has 4 nitrogen and oxygen atoms in total. The molecule has 1 aliphatic rings. The van der Waals surface area contributed by atoms with E-state index in [2.05, 4.69) is 13.8 Å². The van der Waals surface area contributed by atoms with Crippen LogP contribution < -0.4 is 0 Å². The van der Waals surface area contributed by atoms with Gasteiger partial charge < -0.3 is 4.90 Å². The Morgan fingerprint density at radius 2 is 2.20 bits per heavy atom. The Bertz CT molecular complexity index is 595. The lowest BCUT2D eigenvalue weighted by atomic mass is 9.95. The van der Waals surface area contributed by atoms with Crippen LogP contribution in [0.5, 0.6) is 0 Å². The first-order valence-corrected chi connectivity index (χ1v) is 9.71. The minimum absolute atomic E-state index is 0.0634. The van der Waals surface area contributed by atoms with Crippen LogP contribution in [0.3, 0.4) is 0 Å². The molecule has 1 aromatic rings. The summed E-state index contributed by atoms with van der Waals surface area (Å²) < 4.78 is 22.5. The highest BCUT2D eigenvalue weighted by Gasteiger charge is 2.28. The molecule has 0 N–H and O–H groups in total. The number of carbonyl (C=O) groups is 1. The number of likely N-dealkylation sites (tertiary alicyclic amines) is 1. The lowest BCUT2D eigenvalue weighted by Crippen LogP contribution is -2.30. The molecule has 2 rings (SSSR count). The van der Waals surface area contributed by atoms with E-state index in [1.807, 2.05) is 4.90 Å². The van der Waals surface area contributed by atoms with Crippen molar-refractivity contribution in [2.45, 2.75) is 30.9 Å². The van der Waals surface area contributed by atoms with Gasteiger partial charge in [-0.05, 0) is 30.4 Å². The predicted octanol–water partition coefficient (Wildman–Crippen LogP) is 2.72. The summed E-state index contributed by atoms with van der Waals surface area (Å²) in [6, 6.07) is 3.12. The lowest BCUT2D eigenvalue weighted by molar-refractivity contribution is -0.129. The highest BCUT2D eigenvalue weighted by Crippen LogP contribution is 2.27. The molecule has 1 unspecified atom stereocenters. The zero-order chi connectivity index (χ0) is 14.9. The van der Waals surface area contributed by atoms with Gasteiger partial charge in [-0.1, -0.05) is 13.8 Å². The number of halogens is 1. The van der Waals surface area contributed by atoms with E-state index in [4.69, 9.17) is 10.7 Å². The van der Waals surface area contributed by atoms with E-state index in [1.165, 1.54) is 6.07 Å². The van der Waals surface area contributed by atoms with E-state index in [-0.39, 0.29) is 16.5 Å². The summed E-state index contributed by atoms with van der Waals surface area (Å²) in [5, 5.41) is 0. The third kappa shape index (κ3) is 3.74. The Kier molecular flexibility index (Phi) is 4.76. The minimum atomic E-state index is -3.69. The highest BCUT2D eigenvalue weighted by molar-refractivity contribution is 8.15. The highest BCUT2D eigenvalue weighted by atomic mass is 35.7. The maximum Gasteiger partial charge on any atom is 0.270 e. The Morgan fingerprint density at radius 1 is 1.50 bits per heavy atom. The minimum Gasteiger partial charge on any atom is -0.342 e.